The highest BCUT2D eigenvalue weighted by atomic mass is 79.9. The second-order valence-corrected chi connectivity index (χ2v) is 6.93. The van der Waals surface area contributed by atoms with Gasteiger partial charge in [-0.25, -0.2) is 4.79 Å². The smallest absolute Gasteiger partial charge is 0.352 e. The maximum Gasteiger partial charge on any atom is 0.352 e. The molecule has 1 aromatic heterocycles. The molecule has 0 aliphatic heterocycles. The molecular weight excluding hydrogens is 426 g/mol. The van der Waals surface area contributed by atoms with E-state index >= 15 is 0 Å². The molecule has 0 aliphatic carbocycles. The fourth-order valence-electron chi connectivity index (χ4n) is 2.31. The first kappa shape index (κ1) is 19.6. The Kier molecular flexibility index (Phi) is 6.10. The predicted molar refractivity (Wildman–Crippen MR) is 107 cm³/mol. The number of anilines is 1. The number of benzene rings is 2. The number of nitrogens with zero attached hydrogens (tertiary/aromatic N) is 2. The minimum absolute atomic E-state index is 0.269. The van der Waals surface area contributed by atoms with E-state index in [0.717, 1.165) is 4.47 Å². The van der Waals surface area contributed by atoms with Crippen molar-refractivity contribution in [1.82, 2.24) is 9.78 Å². The van der Waals surface area contributed by atoms with E-state index in [4.69, 9.17) is 9.47 Å². The number of carbonyl (C=O) groups excluding carboxylic acids is 2. The molecule has 0 saturated carbocycles. The van der Waals surface area contributed by atoms with Crippen LogP contribution in [0.15, 0.2) is 65.4 Å². The van der Waals surface area contributed by atoms with Crippen LogP contribution in [0.3, 0.4) is 0 Å². The Labute approximate surface area is 170 Å². The second-order valence-electron chi connectivity index (χ2n) is 6.02. The first-order chi connectivity index (χ1) is 13.4. The van der Waals surface area contributed by atoms with Crippen LogP contribution in [0.5, 0.6) is 11.5 Å². The molecule has 28 heavy (non-hydrogen) atoms. The van der Waals surface area contributed by atoms with Crippen LogP contribution in [0.1, 0.15) is 17.3 Å². The number of esters is 1. The van der Waals surface area contributed by atoms with Crippen LogP contribution in [0, 0.1) is 0 Å². The zero-order chi connectivity index (χ0) is 20.1. The van der Waals surface area contributed by atoms with Gasteiger partial charge in [-0.2, -0.15) is 5.10 Å². The molecule has 1 heterocycles. The van der Waals surface area contributed by atoms with Gasteiger partial charge in [-0.1, -0.05) is 15.9 Å². The molecule has 1 atom stereocenters. The summed E-state index contributed by atoms with van der Waals surface area (Å²) in [6.07, 6.45) is 2.34. The third-order valence-corrected chi connectivity index (χ3v) is 4.28. The highest BCUT2D eigenvalue weighted by Gasteiger charge is 2.17. The van der Waals surface area contributed by atoms with E-state index < -0.39 is 12.1 Å². The van der Waals surface area contributed by atoms with Gasteiger partial charge in [0, 0.05) is 23.4 Å². The third-order valence-electron chi connectivity index (χ3n) is 3.76. The minimum atomic E-state index is -0.772. The van der Waals surface area contributed by atoms with Crippen molar-refractivity contribution in [3.8, 4) is 11.5 Å². The lowest BCUT2D eigenvalue weighted by molar-refractivity contribution is -0.141. The summed E-state index contributed by atoms with van der Waals surface area (Å²) < 4.78 is 13.4. The number of aryl methyl sites for hydroxylation is 1. The summed E-state index contributed by atoms with van der Waals surface area (Å²) in [7, 11) is 1.74. The summed E-state index contributed by atoms with van der Waals surface area (Å²) in [5.41, 5.74) is 1.03. The molecule has 0 bridgehead atoms. The Balaban J connectivity index is 1.55. The Morgan fingerprint density at radius 2 is 1.71 bits per heavy atom. The van der Waals surface area contributed by atoms with Crippen LogP contribution < -0.4 is 14.8 Å². The van der Waals surface area contributed by atoms with E-state index in [-0.39, 0.29) is 5.91 Å². The maximum absolute atomic E-state index is 12.2. The van der Waals surface area contributed by atoms with E-state index in [2.05, 4.69) is 26.3 Å². The van der Waals surface area contributed by atoms with Crippen molar-refractivity contribution in [2.45, 2.75) is 13.0 Å². The van der Waals surface area contributed by atoms with Gasteiger partial charge < -0.3 is 14.8 Å². The predicted octanol–water partition coefficient (Wildman–Crippen LogP) is 3.81. The third kappa shape index (κ3) is 5.20. The molecule has 0 radical (unpaired) electrons. The number of hydrogen-bond donors (Lipinski definition) is 1. The largest absolute Gasteiger partial charge is 0.479 e. The summed E-state index contributed by atoms with van der Waals surface area (Å²) in [6.45, 7) is 1.62. The van der Waals surface area contributed by atoms with Crippen molar-refractivity contribution in [3.63, 3.8) is 0 Å². The van der Waals surface area contributed by atoms with Gasteiger partial charge in [0.1, 0.15) is 11.5 Å². The van der Waals surface area contributed by atoms with Crippen molar-refractivity contribution in [1.29, 1.82) is 0 Å². The van der Waals surface area contributed by atoms with Crippen LogP contribution >= 0.6 is 15.9 Å². The standard InChI is InChI=1S/C20H18BrN3O4/c1-13(27-17-7-3-15(21)4-8-17)20(26)28-18-9-5-16(6-10-18)23-19(25)14-11-22-24(2)12-14/h3-13H,1-2H3,(H,23,25). The molecule has 144 valence electrons. The van der Waals surface area contributed by atoms with Crippen molar-refractivity contribution in [2.75, 3.05) is 5.32 Å². The summed E-state index contributed by atoms with van der Waals surface area (Å²) in [4.78, 5) is 24.3. The molecule has 1 amide bonds. The number of rotatable bonds is 6. The Morgan fingerprint density at radius 1 is 1.07 bits per heavy atom. The number of nitrogens with one attached hydrogen (secondary N) is 1. The van der Waals surface area contributed by atoms with Gasteiger partial charge in [0.2, 0.25) is 0 Å². The Bertz CT molecular complexity index is 968. The summed E-state index contributed by atoms with van der Waals surface area (Å²) in [5, 5.41) is 6.71. The molecule has 0 fully saturated rings. The van der Waals surface area contributed by atoms with Crippen LogP contribution in [0.2, 0.25) is 0 Å². The highest BCUT2D eigenvalue weighted by Crippen LogP contribution is 2.20. The highest BCUT2D eigenvalue weighted by molar-refractivity contribution is 9.10. The van der Waals surface area contributed by atoms with Gasteiger partial charge in [-0.05, 0) is 55.5 Å². The van der Waals surface area contributed by atoms with Gasteiger partial charge in [-0.3, -0.25) is 9.48 Å². The van der Waals surface area contributed by atoms with E-state index in [1.165, 1.54) is 6.20 Å². The van der Waals surface area contributed by atoms with E-state index in [1.54, 1.807) is 61.2 Å². The lowest BCUT2D eigenvalue weighted by Gasteiger charge is -2.14. The topological polar surface area (TPSA) is 82.4 Å². The molecular formula is C20H18BrN3O4. The number of carbonyl (C=O) groups is 2. The molecule has 3 aromatic rings. The van der Waals surface area contributed by atoms with Crippen molar-refractivity contribution in [3.05, 3.63) is 71.0 Å². The van der Waals surface area contributed by atoms with Crippen LogP contribution in [0.4, 0.5) is 5.69 Å². The zero-order valence-corrected chi connectivity index (χ0v) is 16.8. The van der Waals surface area contributed by atoms with Gasteiger partial charge in [0.25, 0.3) is 5.91 Å². The normalized spacial score (nSPS) is 11.5. The van der Waals surface area contributed by atoms with Crippen molar-refractivity contribution < 1.29 is 19.1 Å². The van der Waals surface area contributed by atoms with Crippen LogP contribution in [0.25, 0.3) is 0 Å². The molecule has 8 heteroatoms. The lowest BCUT2D eigenvalue weighted by atomic mass is 10.2. The number of hydrogen-bond acceptors (Lipinski definition) is 5. The quantitative estimate of drug-likeness (QED) is 0.462. The molecule has 0 aliphatic rings. The molecule has 0 saturated heterocycles. The molecule has 1 unspecified atom stereocenters. The van der Waals surface area contributed by atoms with Gasteiger partial charge in [0.15, 0.2) is 6.10 Å². The summed E-state index contributed by atoms with van der Waals surface area (Å²) in [5.74, 6) is 0.140. The number of ether oxygens (including phenoxy) is 2. The Hall–Kier alpha value is -3.13. The first-order valence-electron chi connectivity index (χ1n) is 8.45. The average molecular weight is 444 g/mol. The van der Waals surface area contributed by atoms with E-state index in [9.17, 15) is 9.59 Å². The minimum Gasteiger partial charge on any atom is -0.479 e. The number of amides is 1. The second kappa shape index (κ2) is 8.71. The van der Waals surface area contributed by atoms with Crippen molar-refractivity contribution >= 4 is 33.5 Å². The van der Waals surface area contributed by atoms with E-state index in [0.29, 0.717) is 22.7 Å². The van der Waals surface area contributed by atoms with Crippen LogP contribution in [-0.4, -0.2) is 27.8 Å². The number of halogens is 1. The first-order valence-corrected chi connectivity index (χ1v) is 9.24. The fraction of sp³-hybridized carbons (Fsp3) is 0.150. The number of aromatic nitrogens is 2. The SMILES string of the molecule is CC(Oc1ccc(Br)cc1)C(=O)Oc1ccc(NC(=O)c2cnn(C)c2)cc1. The maximum atomic E-state index is 12.2. The summed E-state index contributed by atoms with van der Waals surface area (Å²) >= 11 is 3.34. The Morgan fingerprint density at radius 3 is 2.32 bits per heavy atom. The zero-order valence-electron chi connectivity index (χ0n) is 15.3. The molecule has 1 N–H and O–H groups in total. The monoisotopic (exact) mass is 443 g/mol. The van der Waals surface area contributed by atoms with Crippen molar-refractivity contribution in [2.24, 2.45) is 7.05 Å². The average Bonchev–Trinajstić information content (AvgIpc) is 3.11. The fourth-order valence-corrected chi connectivity index (χ4v) is 2.58. The van der Waals surface area contributed by atoms with Gasteiger partial charge >= 0.3 is 5.97 Å². The lowest BCUT2D eigenvalue weighted by Crippen LogP contribution is -2.28. The van der Waals surface area contributed by atoms with E-state index in [1.807, 2.05) is 12.1 Å². The van der Waals surface area contributed by atoms with Gasteiger partial charge in [0.05, 0.1) is 11.8 Å². The molecule has 0 spiro atoms. The molecule has 7 nitrogen and oxygen atoms in total. The summed E-state index contributed by atoms with van der Waals surface area (Å²) in [6, 6.07) is 13.7. The van der Waals surface area contributed by atoms with Crippen LogP contribution in [-0.2, 0) is 11.8 Å². The molecule has 3 rings (SSSR count). The molecule has 2 aromatic carbocycles. The van der Waals surface area contributed by atoms with Gasteiger partial charge in [-0.15, -0.1) is 0 Å².